The quantitative estimate of drug-likeness (QED) is 0.941. The van der Waals surface area contributed by atoms with Gasteiger partial charge in [-0.1, -0.05) is 35.1 Å². The van der Waals surface area contributed by atoms with Crippen LogP contribution >= 0.6 is 22.9 Å². The maximum absolute atomic E-state index is 12.2. The lowest BCUT2D eigenvalue weighted by molar-refractivity contribution is 0.603. The maximum Gasteiger partial charge on any atom is 0.273 e. The van der Waals surface area contributed by atoms with E-state index < -0.39 is 10.0 Å². The zero-order valence-electron chi connectivity index (χ0n) is 10.3. The third-order valence-electron chi connectivity index (χ3n) is 2.35. The lowest BCUT2D eigenvalue weighted by Gasteiger charge is -2.17. The fourth-order valence-electron chi connectivity index (χ4n) is 1.51. The van der Waals surface area contributed by atoms with E-state index >= 15 is 0 Å². The van der Waals surface area contributed by atoms with Crippen LogP contribution in [0.25, 0.3) is 0 Å². The summed E-state index contributed by atoms with van der Waals surface area (Å²) in [5, 5.41) is 0. The molecule has 2 aromatic rings. The van der Waals surface area contributed by atoms with Crippen molar-refractivity contribution in [3.63, 3.8) is 0 Å². The van der Waals surface area contributed by atoms with Gasteiger partial charge in [-0.05, 0) is 12.1 Å². The Balaban J connectivity index is 2.36. The highest BCUT2D eigenvalue weighted by Crippen LogP contribution is 2.29. The van der Waals surface area contributed by atoms with Crippen molar-refractivity contribution in [2.45, 2.75) is 4.21 Å². The van der Waals surface area contributed by atoms with Crippen LogP contribution < -0.4 is 9.62 Å². The van der Waals surface area contributed by atoms with Gasteiger partial charge >= 0.3 is 0 Å². The summed E-state index contributed by atoms with van der Waals surface area (Å²) >= 11 is 6.58. The molecule has 0 saturated carbocycles. The molecule has 1 heterocycles. The summed E-state index contributed by atoms with van der Waals surface area (Å²) in [6.45, 7) is 0. The van der Waals surface area contributed by atoms with E-state index in [1.54, 1.807) is 12.1 Å². The molecule has 0 radical (unpaired) electrons. The van der Waals surface area contributed by atoms with Gasteiger partial charge in [0.15, 0.2) is 8.68 Å². The highest BCUT2D eigenvalue weighted by molar-refractivity contribution is 7.94. The van der Waals surface area contributed by atoms with E-state index in [4.69, 9.17) is 11.6 Å². The Labute approximate surface area is 120 Å². The van der Waals surface area contributed by atoms with Crippen molar-refractivity contribution in [2.24, 2.45) is 0 Å². The predicted octanol–water partition coefficient (Wildman–Crippen LogP) is 2.66. The molecular formula is C11H12ClN3O2S2. The smallest absolute Gasteiger partial charge is 0.273 e. The Bertz CT molecular complexity index is 683. The molecule has 0 saturated heterocycles. The van der Waals surface area contributed by atoms with Crippen LogP contribution in [0.2, 0.25) is 4.47 Å². The molecule has 0 aliphatic rings. The van der Waals surface area contributed by atoms with Crippen LogP contribution in [0.1, 0.15) is 0 Å². The summed E-state index contributed by atoms with van der Waals surface area (Å²) in [5.74, 6) is 0. The minimum Gasteiger partial charge on any atom is -0.376 e. The first-order valence-corrected chi connectivity index (χ1v) is 7.98. The SMILES string of the molecule is CN(C)c1ccccc1NS(=O)(=O)c1cnc(Cl)s1. The number of hydrogen-bond acceptors (Lipinski definition) is 5. The molecular weight excluding hydrogens is 306 g/mol. The van der Waals surface area contributed by atoms with Crippen LogP contribution in [0.4, 0.5) is 11.4 Å². The number of anilines is 2. The van der Waals surface area contributed by atoms with Crippen LogP contribution in [-0.2, 0) is 10.0 Å². The van der Waals surface area contributed by atoms with Gasteiger partial charge in [-0.25, -0.2) is 13.4 Å². The summed E-state index contributed by atoms with van der Waals surface area (Å²) in [4.78, 5) is 5.57. The standard InChI is InChI=1S/C11H12ClN3O2S2/c1-15(2)9-6-4-3-5-8(9)14-19(16,17)10-7-13-11(12)18-10/h3-7,14H,1-2H3. The summed E-state index contributed by atoms with van der Waals surface area (Å²) < 4.78 is 27.2. The van der Waals surface area contributed by atoms with Crippen LogP contribution in [0, 0.1) is 0 Å². The fourth-order valence-corrected chi connectivity index (χ4v) is 3.88. The fraction of sp³-hybridized carbons (Fsp3) is 0.182. The van der Waals surface area contributed by atoms with Gasteiger partial charge in [0.2, 0.25) is 0 Å². The van der Waals surface area contributed by atoms with Gasteiger partial charge in [0.1, 0.15) is 0 Å². The Morgan fingerprint density at radius 3 is 2.58 bits per heavy atom. The molecule has 5 nitrogen and oxygen atoms in total. The molecule has 19 heavy (non-hydrogen) atoms. The summed E-state index contributed by atoms with van der Waals surface area (Å²) in [5.41, 5.74) is 1.29. The molecule has 0 bridgehead atoms. The lowest BCUT2D eigenvalue weighted by Crippen LogP contribution is -2.16. The van der Waals surface area contributed by atoms with E-state index in [9.17, 15) is 8.42 Å². The summed E-state index contributed by atoms with van der Waals surface area (Å²) in [6.07, 6.45) is 1.24. The van der Waals surface area contributed by atoms with Crippen molar-refractivity contribution in [3.05, 3.63) is 34.9 Å². The van der Waals surface area contributed by atoms with Crippen molar-refractivity contribution >= 4 is 44.3 Å². The highest BCUT2D eigenvalue weighted by Gasteiger charge is 2.19. The number of nitrogens with one attached hydrogen (secondary N) is 1. The number of rotatable bonds is 4. The Hall–Kier alpha value is -1.31. The normalized spacial score (nSPS) is 11.3. The zero-order valence-corrected chi connectivity index (χ0v) is 12.7. The average molecular weight is 318 g/mol. The van der Waals surface area contributed by atoms with E-state index in [-0.39, 0.29) is 8.68 Å². The van der Waals surface area contributed by atoms with Crippen molar-refractivity contribution in [2.75, 3.05) is 23.7 Å². The van der Waals surface area contributed by atoms with E-state index in [0.29, 0.717) is 5.69 Å². The number of thiazole rings is 1. The summed E-state index contributed by atoms with van der Waals surface area (Å²) in [7, 11) is 0.0343. The van der Waals surface area contributed by atoms with E-state index in [2.05, 4.69) is 9.71 Å². The molecule has 2 rings (SSSR count). The molecule has 0 amide bonds. The number of aromatic nitrogens is 1. The Morgan fingerprint density at radius 2 is 2.00 bits per heavy atom. The Morgan fingerprint density at radius 1 is 1.32 bits per heavy atom. The van der Waals surface area contributed by atoms with Crippen molar-refractivity contribution in [1.82, 2.24) is 4.98 Å². The largest absolute Gasteiger partial charge is 0.376 e. The topological polar surface area (TPSA) is 62.3 Å². The van der Waals surface area contributed by atoms with Crippen LogP contribution in [0.3, 0.4) is 0 Å². The minimum atomic E-state index is -3.65. The second-order valence-electron chi connectivity index (χ2n) is 3.95. The zero-order chi connectivity index (χ0) is 14.0. The third-order valence-corrected chi connectivity index (χ3v) is 5.29. The molecule has 0 aliphatic carbocycles. The molecule has 0 atom stereocenters. The minimum absolute atomic E-state index is 0.0889. The van der Waals surface area contributed by atoms with Gasteiger partial charge in [-0.3, -0.25) is 4.72 Å². The first-order chi connectivity index (χ1) is 8.90. The number of para-hydroxylation sites is 2. The Kier molecular flexibility index (Phi) is 3.98. The maximum atomic E-state index is 12.2. The molecule has 102 valence electrons. The third kappa shape index (κ3) is 3.17. The number of halogens is 1. The molecule has 0 fully saturated rings. The first-order valence-electron chi connectivity index (χ1n) is 5.30. The number of benzene rings is 1. The van der Waals surface area contributed by atoms with Crippen LogP contribution in [-0.4, -0.2) is 27.5 Å². The molecule has 0 unspecified atom stereocenters. The second-order valence-corrected chi connectivity index (χ2v) is 7.47. The number of hydrogen-bond donors (Lipinski definition) is 1. The van der Waals surface area contributed by atoms with E-state index in [0.717, 1.165) is 17.0 Å². The van der Waals surface area contributed by atoms with E-state index in [1.165, 1.54) is 6.20 Å². The molecule has 0 spiro atoms. The van der Waals surface area contributed by atoms with Gasteiger partial charge in [-0.2, -0.15) is 0 Å². The number of nitrogens with zero attached hydrogens (tertiary/aromatic N) is 2. The molecule has 0 aliphatic heterocycles. The molecule has 8 heteroatoms. The number of sulfonamides is 1. The van der Waals surface area contributed by atoms with Crippen molar-refractivity contribution < 1.29 is 8.42 Å². The van der Waals surface area contributed by atoms with Crippen molar-refractivity contribution in [3.8, 4) is 0 Å². The first kappa shape index (κ1) is 14.1. The predicted molar refractivity (Wildman–Crippen MR) is 78.7 cm³/mol. The second kappa shape index (κ2) is 5.36. The summed E-state index contributed by atoms with van der Waals surface area (Å²) in [6, 6.07) is 7.15. The monoisotopic (exact) mass is 317 g/mol. The molecule has 1 N–H and O–H groups in total. The van der Waals surface area contributed by atoms with E-state index in [1.807, 2.05) is 31.1 Å². The molecule has 1 aromatic carbocycles. The van der Waals surface area contributed by atoms with Gasteiger partial charge in [0.05, 0.1) is 17.6 Å². The van der Waals surface area contributed by atoms with Gasteiger partial charge in [0.25, 0.3) is 10.0 Å². The van der Waals surface area contributed by atoms with Crippen LogP contribution in [0.15, 0.2) is 34.7 Å². The highest BCUT2D eigenvalue weighted by atomic mass is 35.5. The van der Waals surface area contributed by atoms with Gasteiger partial charge in [-0.15, -0.1) is 0 Å². The van der Waals surface area contributed by atoms with Gasteiger partial charge < -0.3 is 4.90 Å². The average Bonchev–Trinajstić information content (AvgIpc) is 2.76. The van der Waals surface area contributed by atoms with Crippen LogP contribution in [0.5, 0.6) is 0 Å². The van der Waals surface area contributed by atoms with Gasteiger partial charge in [0, 0.05) is 14.1 Å². The molecule has 1 aromatic heterocycles. The van der Waals surface area contributed by atoms with Crippen molar-refractivity contribution in [1.29, 1.82) is 0 Å². The lowest BCUT2D eigenvalue weighted by atomic mass is 10.2.